The molecule has 4 nitrogen and oxygen atoms in total. The normalized spacial score (nSPS) is 17.0. The molecular weight excluding hydrogens is 326 g/mol. The number of aryl methyl sites for hydroxylation is 1. The smallest absolute Gasteiger partial charge is 0.239 e. The molecule has 130 valence electrons. The highest BCUT2D eigenvalue weighted by atomic mass is 19.1. The lowest BCUT2D eigenvalue weighted by Gasteiger charge is -2.17. The highest BCUT2D eigenvalue weighted by Gasteiger charge is 2.38. The lowest BCUT2D eigenvalue weighted by molar-refractivity contribution is -0.132. The van der Waals surface area contributed by atoms with E-state index in [2.05, 4.69) is 5.32 Å². The van der Waals surface area contributed by atoms with Crippen molar-refractivity contribution in [1.82, 2.24) is 5.32 Å². The first kappa shape index (κ1) is 17.1. The Balaban J connectivity index is 1.66. The van der Waals surface area contributed by atoms with Crippen LogP contribution in [0.2, 0.25) is 0 Å². The number of hydrogen-bond donors (Lipinski definition) is 1. The molecule has 2 aromatic carbocycles. The van der Waals surface area contributed by atoms with E-state index in [0.717, 1.165) is 23.3 Å². The predicted octanol–water partition coefficient (Wildman–Crippen LogP) is 2.94. The zero-order valence-corrected chi connectivity index (χ0v) is 13.8. The Morgan fingerprint density at radius 1 is 1.24 bits per heavy atom. The second kappa shape index (κ2) is 7.01. The van der Waals surface area contributed by atoms with Crippen LogP contribution in [0.4, 0.5) is 14.5 Å². The van der Waals surface area contributed by atoms with Crippen molar-refractivity contribution in [3.63, 3.8) is 0 Å². The maximum Gasteiger partial charge on any atom is 0.239 e. The summed E-state index contributed by atoms with van der Waals surface area (Å²) in [4.78, 5) is 26.0. The highest BCUT2D eigenvalue weighted by molar-refractivity contribution is 6.09. The lowest BCUT2D eigenvalue weighted by Crippen LogP contribution is -2.36. The van der Waals surface area contributed by atoms with Crippen molar-refractivity contribution in [1.29, 1.82) is 0 Å². The number of benzene rings is 2. The number of amides is 2. The molecule has 1 aliphatic heterocycles. The quantitative estimate of drug-likeness (QED) is 0.867. The molecule has 0 aromatic heterocycles. The molecule has 1 atom stereocenters. The number of carbonyl (C=O) groups is 2. The van der Waals surface area contributed by atoms with Crippen molar-refractivity contribution in [3.05, 3.63) is 65.2 Å². The molecule has 1 saturated heterocycles. The second-order valence-corrected chi connectivity index (χ2v) is 6.13. The van der Waals surface area contributed by atoms with Crippen molar-refractivity contribution < 1.29 is 18.4 Å². The molecule has 0 spiro atoms. The summed E-state index contributed by atoms with van der Waals surface area (Å²) >= 11 is 0. The van der Waals surface area contributed by atoms with E-state index in [4.69, 9.17) is 0 Å². The van der Waals surface area contributed by atoms with Gasteiger partial charge in [-0.2, -0.15) is 0 Å². The Hall–Kier alpha value is -2.76. The monoisotopic (exact) mass is 344 g/mol. The van der Waals surface area contributed by atoms with Crippen LogP contribution in [0.15, 0.2) is 42.5 Å². The van der Waals surface area contributed by atoms with Crippen molar-refractivity contribution in [2.45, 2.75) is 19.9 Å². The molecule has 3 rings (SSSR count). The van der Waals surface area contributed by atoms with Gasteiger partial charge in [-0.15, -0.1) is 0 Å². The maximum absolute atomic E-state index is 13.9. The van der Waals surface area contributed by atoms with Gasteiger partial charge in [0.15, 0.2) is 0 Å². The van der Waals surface area contributed by atoms with E-state index in [0.29, 0.717) is 13.0 Å². The molecule has 0 aliphatic carbocycles. The van der Waals surface area contributed by atoms with E-state index in [1.165, 1.54) is 11.0 Å². The first-order valence-electron chi connectivity index (χ1n) is 8.05. The molecule has 0 bridgehead atoms. The van der Waals surface area contributed by atoms with Gasteiger partial charge in [0.25, 0.3) is 0 Å². The molecule has 1 N–H and O–H groups in total. The summed E-state index contributed by atoms with van der Waals surface area (Å²) in [6.45, 7) is 2.51. The Kier molecular flexibility index (Phi) is 4.79. The number of carbonyl (C=O) groups excluding carboxylic acids is 2. The largest absolute Gasteiger partial charge is 0.351 e. The summed E-state index contributed by atoms with van der Waals surface area (Å²) in [6, 6.07) is 10.7. The second-order valence-electron chi connectivity index (χ2n) is 6.13. The van der Waals surface area contributed by atoms with Gasteiger partial charge < -0.3 is 10.2 Å². The van der Waals surface area contributed by atoms with E-state index < -0.39 is 23.5 Å². The minimum absolute atomic E-state index is 0.000356. The lowest BCUT2D eigenvalue weighted by atomic mass is 10.1. The standard InChI is InChI=1S/C19H18F2N2O2/c1-12-3-2-4-13(9-12)11-22-18(24)15-7-8-23(19(15)25)17-6-5-14(20)10-16(17)21/h2-6,9-10,15H,7-8,11H2,1H3,(H,22,24)/t15-/m0/s1. The molecular formula is C19H18F2N2O2. The molecule has 6 heteroatoms. The highest BCUT2D eigenvalue weighted by Crippen LogP contribution is 2.28. The van der Waals surface area contributed by atoms with Gasteiger partial charge in [-0.25, -0.2) is 8.78 Å². The zero-order valence-electron chi connectivity index (χ0n) is 13.8. The summed E-state index contributed by atoms with van der Waals surface area (Å²) in [5, 5.41) is 2.75. The van der Waals surface area contributed by atoms with E-state index in [9.17, 15) is 18.4 Å². The molecule has 25 heavy (non-hydrogen) atoms. The van der Waals surface area contributed by atoms with Crippen molar-refractivity contribution in [2.24, 2.45) is 5.92 Å². The number of nitrogens with one attached hydrogen (secondary N) is 1. The molecule has 1 heterocycles. The molecule has 2 aromatic rings. The SMILES string of the molecule is Cc1cccc(CNC(=O)[C@@H]2CCN(c3ccc(F)cc3F)C2=O)c1. The molecule has 0 unspecified atom stereocenters. The van der Waals surface area contributed by atoms with Gasteiger partial charge in [-0.05, 0) is 31.0 Å². The van der Waals surface area contributed by atoms with Gasteiger partial charge in [-0.3, -0.25) is 9.59 Å². The minimum atomic E-state index is -0.853. The van der Waals surface area contributed by atoms with Gasteiger partial charge in [0.1, 0.15) is 17.6 Å². The number of halogens is 2. The van der Waals surface area contributed by atoms with Crippen LogP contribution in [0.1, 0.15) is 17.5 Å². The summed E-state index contributed by atoms with van der Waals surface area (Å²) in [5.41, 5.74) is 2.03. The summed E-state index contributed by atoms with van der Waals surface area (Å²) in [7, 11) is 0. The van der Waals surface area contributed by atoms with Crippen LogP contribution in [0, 0.1) is 24.5 Å². The van der Waals surface area contributed by atoms with Crippen LogP contribution < -0.4 is 10.2 Å². The van der Waals surface area contributed by atoms with Crippen LogP contribution in [0.25, 0.3) is 0 Å². The van der Waals surface area contributed by atoms with E-state index in [1.807, 2.05) is 31.2 Å². The zero-order chi connectivity index (χ0) is 18.0. The molecule has 0 radical (unpaired) electrons. The fraction of sp³-hybridized carbons (Fsp3) is 0.263. The summed E-state index contributed by atoms with van der Waals surface area (Å²) < 4.78 is 26.9. The van der Waals surface area contributed by atoms with Crippen LogP contribution in [0.5, 0.6) is 0 Å². The van der Waals surface area contributed by atoms with Crippen LogP contribution >= 0.6 is 0 Å². The summed E-state index contributed by atoms with van der Waals surface area (Å²) in [6.07, 6.45) is 0.301. The number of rotatable bonds is 4. The van der Waals surface area contributed by atoms with Gasteiger partial charge in [-0.1, -0.05) is 29.8 Å². The average Bonchev–Trinajstić information content (AvgIpc) is 2.94. The van der Waals surface area contributed by atoms with E-state index in [-0.39, 0.29) is 18.1 Å². The third-order valence-electron chi connectivity index (χ3n) is 4.27. The molecule has 1 fully saturated rings. The minimum Gasteiger partial charge on any atom is -0.351 e. The Bertz CT molecular complexity index is 823. The Labute approximate surface area is 144 Å². The number of nitrogens with zero attached hydrogens (tertiary/aromatic N) is 1. The number of hydrogen-bond acceptors (Lipinski definition) is 2. The molecule has 0 saturated carbocycles. The predicted molar refractivity (Wildman–Crippen MR) is 89.8 cm³/mol. The van der Waals surface area contributed by atoms with Gasteiger partial charge in [0.2, 0.25) is 11.8 Å². The molecule has 1 aliphatic rings. The average molecular weight is 344 g/mol. The first-order chi connectivity index (χ1) is 12.0. The van der Waals surface area contributed by atoms with Gasteiger partial charge in [0, 0.05) is 19.2 Å². The first-order valence-corrected chi connectivity index (χ1v) is 8.05. The number of anilines is 1. The van der Waals surface area contributed by atoms with E-state index >= 15 is 0 Å². The van der Waals surface area contributed by atoms with Gasteiger partial charge >= 0.3 is 0 Å². The topological polar surface area (TPSA) is 49.4 Å². The van der Waals surface area contributed by atoms with Crippen LogP contribution in [-0.4, -0.2) is 18.4 Å². The molecule has 2 amide bonds. The Morgan fingerprint density at radius 3 is 2.76 bits per heavy atom. The van der Waals surface area contributed by atoms with Crippen LogP contribution in [0.3, 0.4) is 0 Å². The third-order valence-corrected chi connectivity index (χ3v) is 4.27. The van der Waals surface area contributed by atoms with Gasteiger partial charge in [0.05, 0.1) is 5.69 Å². The van der Waals surface area contributed by atoms with Crippen molar-refractivity contribution >= 4 is 17.5 Å². The maximum atomic E-state index is 13.9. The Morgan fingerprint density at radius 2 is 2.04 bits per heavy atom. The third kappa shape index (κ3) is 3.68. The van der Waals surface area contributed by atoms with Crippen molar-refractivity contribution in [2.75, 3.05) is 11.4 Å². The van der Waals surface area contributed by atoms with Crippen molar-refractivity contribution in [3.8, 4) is 0 Å². The van der Waals surface area contributed by atoms with Crippen LogP contribution in [-0.2, 0) is 16.1 Å². The van der Waals surface area contributed by atoms with E-state index in [1.54, 1.807) is 0 Å². The fourth-order valence-electron chi connectivity index (χ4n) is 3.00. The fourth-order valence-corrected chi connectivity index (χ4v) is 3.00. The summed E-state index contributed by atoms with van der Waals surface area (Å²) in [5.74, 6) is -3.22.